The Bertz CT molecular complexity index is 1500. The van der Waals surface area contributed by atoms with Gasteiger partial charge < -0.3 is 19.9 Å². The lowest BCUT2D eigenvalue weighted by Crippen LogP contribution is -2.26. The topological polar surface area (TPSA) is 108 Å². The van der Waals surface area contributed by atoms with E-state index >= 15 is 0 Å². The summed E-state index contributed by atoms with van der Waals surface area (Å²) in [6, 6.07) is 23.4. The average Bonchev–Trinajstić information content (AvgIpc) is 3.66. The molecule has 3 aromatic carbocycles. The van der Waals surface area contributed by atoms with Gasteiger partial charge in [0.2, 0.25) is 5.91 Å². The van der Waals surface area contributed by atoms with Crippen molar-refractivity contribution in [3.63, 3.8) is 0 Å². The first kappa shape index (κ1) is 23.5. The minimum Gasteiger partial charge on any atom is -0.457 e. The van der Waals surface area contributed by atoms with E-state index in [2.05, 4.69) is 15.5 Å². The molecule has 1 aromatic heterocycles. The van der Waals surface area contributed by atoms with E-state index in [9.17, 15) is 14.4 Å². The number of aromatic nitrogens is 2. The van der Waals surface area contributed by atoms with Gasteiger partial charge in [0.25, 0.3) is 11.8 Å². The predicted molar refractivity (Wildman–Crippen MR) is 141 cm³/mol. The van der Waals surface area contributed by atoms with Gasteiger partial charge in [-0.05, 0) is 67.1 Å². The number of ether oxygens (including phenoxy) is 1. The summed E-state index contributed by atoms with van der Waals surface area (Å²) in [6.45, 7) is 1.38. The second-order valence-corrected chi connectivity index (χ2v) is 9.27. The summed E-state index contributed by atoms with van der Waals surface area (Å²) in [6.07, 6.45) is 1.41. The van der Waals surface area contributed by atoms with Crippen LogP contribution in [0.15, 0.2) is 78.9 Å². The van der Waals surface area contributed by atoms with Gasteiger partial charge >= 0.3 is 0 Å². The Morgan fingerprint density at radius 3 is 2.29 bits per heavy atom. The Morgan fingerprint density at radius 2 is 1.58 bits per heavy atom. The number of carbonyl (C=O) groups excluding carboxylic acids is 3. The molecule has 4 aromatic rings. The molecule has 0 unspecified atom stereocenters. The van der Waals surface area contributed by atoms with Crippen molar-refractivity contribution >= 4 is 29.2 Å². The van der Waals surface area contributed by atoms with E-state index in [1.807, 2.05) is 42.5 Å². The molecule has 3 heterocycles. The van der Waals surface area contributed by atoms with E-state index in [1.165, 1.54) is 0 Å². The molecule has 2 aliphatic rings. The Balaban J connectivity index is 1.09. The summed E-state index contributed by atoms with van der Waals surface area (Å²) >= 11 is 0. The van der Waals surface area contributed by atoms with Gasteiger partial charge in [0, 0.05) is 35.3 Å². The summed E-state index contributed by atoms with van der Waals surface area (Å²) in [5.74, 6) is 1.51. The average molecular weight is 508 g/mol. The molecule has 9 nitrogen and oxygen atoms in total. The highest BCUT2D eigenvalue weighted by molar-refractivity contribution is 6.04. The molecule has 0 atom stereocenters. The van der Waals surface area contributed by atoms with Crippen LogP contribution in [0.1, 0.15) is 44.8 Å². The lowest BCUT2D eigenvalue weighted by molar-refractivity contribution is -0.117. The number of carbonyl (C=O) groups is 3. The number of fused-ring (bicyclic) bond motifs is 1. The lowest BCUT2D eigenvalue weighted by atomic mass is 10.1. The molecule has 3 amide bonds. The summed E-state index contributed by atoms with van der Waals surface area (Å²) in [5.41, 5.74) is 3.33. The third-order valence-corrected chi connectivity index (χ3v) is 6.76. The molecule has 0 spiro atoms. The highest BCUT2D eigenvalue weighted by Gasteiger charge is 2.30. The van der Waals surface area contributed by atoms with Crippen LogP contribution in [0.4, 0.5) is 11.5 Å². The lowest BCUT2D eigenvalue weighted by Gasteiger charge is -2.18. The highest BCUT2D eigenvalue weighted by Crippen LogP contribution is 2.30. The van der Waals surface area contributed by atoms with Crippen LogP contribution in [-0.4, -0.2) is 39.4 Å². The van der Waals surface area contributed by atoms with Crippen molar-refractivity contribution in [2.24, 2.45) is 0 Å². The van der Waals surface area contributed by atoms with Crippen LogP contribution in [0, 0.1) is 0 Å². The van der Waals surface area contributed by atoms with Crippen molar-refractivity contribution in [1.29, 1.82) is 0 Å². The number of H-pyrrole nitrogens is 1. The number of amides is 3. The van der Waals surface area contributed by atoms with E-state index in [0.29, 0.717) is 48.7 Å². The zero-order valence-corrected chi connectivity index (χ0v) is 20.5. The first-order valence-corrected chi connectivity index (χ1v) is 12.5. The van der Waals surface area contributed by atoms with Gasteiger partial charge in [0.05, 0.1) is 18.8 Å². The molecule has 2 N–H and O–H groups in total. The fourth-order valence-electron chi connectivity index (χ4n) is 4.75. The van der Waals surface area contributed by atoms with Crippen LogP contribution < -0.4 is 15.0 Å². The number of hydrogen-bond acceptors (Lipinski definition) is 5. The molecule has 1 saturated heterocycles. The Morgan fingerprint density at radius 1 is 0.868 bits per heavy atom. The second-order valence-electron chi connectivity index (χ2n) is 9.27. The first-order chi connectivity index (χ1) is 18.5. The third kappa shape index (κ3) is 4.61. The van der Waals surface area contributed by atoms with Crippen LogP contribution in [0.2, 0.25) is 0 Å². The summed E-state index contributed by atoms with van der Waals surface area (Å²) in [5, 5.41) is 10.1. The molecule has 38 heavy (non-hydrogen) atoms. The summed E-state index contributed by atoms with van der Waals surface area (Å²) < 4.78 is 5.78. The number of para-hydroxylation sites is 1. The fourth-order valence-corrected chi connectivity index (χ4v) is 4.75. The quantitative estimate of drug-likeness (QED) is 0.392. The molecule has 2 aliphatic heterocycles. The normalized spacial score (nSPS) is 14.5. The molecule has 0 bridgehead atoms. The molecule has 0 radical (unpaired) electrons. The maximum absolute atomic E-state index is 13.1. The van der Waals surface area contributed by atoms with Crippen molar-refractivity contribution in [2.75, 3.05) is 16.8 Å². The van der Waals surface area contributed by atoms with Crippen molar-refractivity contribution < 1.29 is 19.1 Å². The van der Waals surface area contributed by atoms with E-state index in [-0.39, 0.29) is 17.7 Å². The van der Waals surface area contributed by atoms with E-state index < -0.39 is 0 Å². The number of nitrogens with one attached hydrogen (secondary N) is 2. The van der Waals surface area contributed by atoms with Gasteiger partial charge in [-0.3, -0.25) is 19.5 Å². The Kier molecular flexibility index (Phi) is 6.09. The number of nitrogens with zero attached hydrogens (tertiary/aromatic N) is 3. The monoisotopic (exact) mass is 507 g/mol. The van der Waals surface area contributed by atoms with Gasteiger partial charge in [-0.2, -0.15) is 5.10 Å². The maximum Gasteiger partial charge on any atom is 0.256 e. The van der Waals surface area contributed by atoms with Crippen molar-refractivity contribution in [2.45, 2.75) is 25.9 Å². The predicted octanol–water partition coefficient (Wildman–Crippen LogP) is 4.74. The molecule has 6 rings (SSSR count). The smallest absolute Gasteiger partial charge is 0.256 e. The van der Waals surface area contributed by atoms with E-state index in [4.69, 9.17) is 4.74 Å². The van der Waals surface area contributed by atoms with Gasteiger partial charge in [-0.1, -0.05) is 18.2 Å². The summed E-state index contributed by atoms with van der Waals surface area (Å²) in [7, 11) is 0. The molecule has 190 valence electrons. The van der Waals surface area contributed by atoms with Crippen LogP contribution in [0.25, 0.3) is 0 Å². The maximum atomic E-state index is 13.1. The van der Waals surface area contributed by atoms with Gasteiger partial charge in [0.1, 0.15) is 17.3 Å². The number of rotatable bonds is 6. The second kappa shape index (κ2) is 9.85. The fraction of sp³-hybridized carbons (Fsp3) is 0.172. The Labute approximate surface area is 219 Å². The molecular weight excluding hydrogens is 482 g/mol. The van der Waals surface area contributed by atoms with Crippen LogP contribution in [0.3, 0.4) is 0 Å². The SMILES string of the molecule is O=C(Nc1[nH]nc2c1CN(C(=O)c1ccc(N3CCCC3=O)cc1)C2)c1ccc(Oc2ccccc2)cc1. The molecule has 0 aliphatic carbocycles. The highest BCUT2D eigenvalue weighted by atomic mass is 16.5. The molecular formula is C29H25N5O4. The van der Waals surface area contributed by atoms with Crippen molar-refractivity contribution in [3.8, 4) is 11.5 Å². The largest absolute Gasteiger partial charge is 0.457 e. The molecule has 9 heteroatoms. The van der Waals surface area contributed by atoms with E-state index in [1.54, 1.807) is 46.2 Å². The van der Waals surface area contributed by atoms with Gasteiger partial charge in [-0.25, -0.2) is 0 Å². The minimum absolute atomic E-state index is 0.111. The van der Waals surface area contributed by atoms with E-state index in [0.717, 1.165) is 29.1 Å². The van der Waals surface area contributed by atoms with Crippen LogP contribution in [0.5, 0.6) is 11.5 Å². The zero-order valence-electron chi connectivity index (χ0n) is 20.5. The number of hydrogen-bond donors (Lipinski definition) is 2. The number of benzene rings is 3. The standard InChI is InChI=1S/C29H25N5O4/c35-26-7-4-16-34(26)21-12-8-20(9-13-21)29(37)33-17-24-25(18-33)31-32-27(24)30-28(36)19-10-14-23(15-11-19)38-22-5-2-1-3-6-22/h1-3,5-6,8-15H,4,7,16-18H2,(H2,30,31,32,36). The number of aromatic amines is 1. The molecule has 0 saturated carbocycles. The van der Waals surface area contributed by atoms with Crippen molar-refractivity contribution in [3.05, 3.63) is 101 Å². The van der Waals surface area contributed by atoms with Crippen molar-refractivity contribution in [1.82, 2.24) is 15.1 Å². The zero-order chi connectivity index (χ0) is 26.1. The first-order valence-electron chi connectivity index (χ1n) is 12.5. The van der Waals surface area contributed by atoms with Crippen LogP contribution in [-0.2, 0) is 17.9 Å². The number of anilines is 2. The van der Waals surface area contributed by atoms with Crippen LogP contribution >= 0.6 is 0 Å². The van der Waals surface area contributed by atoms with Gasteiger partial charge in [0.15, 0.2) is 0 Å². The Hall–Kier alpha value is -4.92. The van der Waals surface area contributed by atoms with Gasteiger partial charge in [-0.15, -0.1) is 0 Å². The summed E-state index contributed by atoms with van der Waals surface area (Å²) in [4.78, 5) is 41.4. The molecule has 1 fully saturated rings. The third-order valence-electron chi connectivity index (χ3n) is 6.76. The minimum atomic E-state index is -0.292.